The summed E-state index contributed by atoms with van der Waals surface area (Å²) in [6.45, 7) is 8.76. The molecule has 3 fully saturated rings. The van der Waals surface area contributed by atoms with Gasteiger partial charge in [0, 0.05) is 19.6 Å². The lowest BCUT2D eigenvalue weighted by Crippen LogP contribution is -2.58. The summed E-state index contributed by atoms with van der Waals surface area (Å²) in [5.74, 6) is -1.09. The van der Waals surface area contributed by atoms with Crippen LogP contribution in [0.15, 0.2) is 25.3 Å². The van der Waals surface area contributed by atoms with Crippen molar-refractivity contribution in [2.75, 3.05) is 19.6 Å². The summed E-state index contributed by atoms with van der Waals surface area (Å²) < 4.78 is 27.0. The number of hydrogen-bond donors (Lipinski definition) is 2. The predicted octanol–water partition coefficient (Wildman–Crippen LogP) is 0.745. The summed E-state index contributed by atoms with van der Waals surface area (Å²) in [4.78, 5) is 0. The van der Waals surface area contributed by atoms with Crippen LogP contribution >= 0.6 is 7.82 Å². The van der Waals surface area contributed by atoms with Crippen molar-refractivity contribution in [3.8, 4) is 0 Å². The second kappa shape index (κ2) is 4.41. The van der Waals surface area contributed by atoms with E-state index in [0.29, 0.717) is 19.6 Å². The van der Waals surface area contributed by atoms with Crippen molar-refractivity contribution in [3.05, 3.63) is 25.3 Å². The van der Waals surface area contributed by atoms with Crippen LogP contribution in [0.1, 0.15) is 0 Å². The van der Waals surface area contributed by atoms with Gasteiger partial charge < -0.3 is 5.32 Å². The quantitative estimate of drug-likeness (QED) is 0.392. The topological polar surface area (TPSA) is 68.8 Å². The van der Waals surface area contributed by atoms with E-state index in [-0.39, 0.29) is 0 Å². The van der Waals surface area contributed by atoms with E-state index < -0.39 is 19.8 Å². The third-order valence-corrected chi connectivity index (χ3v) is 3.79. The number of rotatable bonds is 7. The normalized spacial score (nSPS) is 40.4. The van der Waals surface area contributed by atoms with Gasteiger partial charge in [0.25, 0.3) is 5.91 Å². The highest BCUT2D eigenvalue weighted by Crippen LogP contribution is 2.72. The van der Waals surface area contributed by atoms with Crippen LogP contribution in [0, 0.1) is 0 Å². The fraction of sp³-hybridized carbons (Fsp3) is 0.556. The average Bonchev–Trinajstić information content (AvgIpc) is 2.63. The number of nitrogens with one attached hydrogen (secondary N) is 2. The summed E-state index contributed by atoms with van der Waals surface area (Å²) in [6.07, 6.45) is 2.96. The molecular weight excluding hydrogens is 231 g/mol. The molecule has 1 unspecified atom stereocenters. The summed E-state index contributed by atoms with van der Waals surface area (Å²) in [6, 6.07) is 0. The average molecular weight is 246 g/mol. The Morgan fingerprint density at radius 1 is 1.31 bits per heavy atom. The minimum absolute atomic E-state index is 0.432. The Kier molecular flexibility index (Phi) is 3.30. The van der Waals surface area contributed by atoms with Crippen LogP contribution in [0.4, 0.5) is 0 Å². The lowest BCUT2D eigenvalue weighted by atomic mass is 10.2. The zero-order valence-electron chi connectivity index (χ0n) is 8.85. The molecule has 0 amide bonds. The Morgan fingerprint density at radius 2 is 2.00 bits per heavy atom. The molecular formula is C9H15N2O4P. The molecule has 6 nitrogen and oxygen atoms in total. The van der Waals surface area contributed by atoms with Crippen LogP contribution < -0.4 is 10.6 Å². The van der Waals surface area contributed by atoms with Gasteiger partial charge in [-0.2, -0.15) is 0 Å². The van der Waals surface area contributed by atoms with Gasteiger partial charge >= 0.3 is 7.82 Å². The van der Waals surface area contributed by atoms with E-state index in [1.807, 2.05) is 0 Å². The number of hydrogen-bond acceptors (Lipinski definition) is 6. The molecule has 0 spiro atoms. The SMILES string of the molecule is C=CCNCC1OP2(=O)OC1(NCC=C)O2. The van der Waals surface area contributed by atoms with E-state index in [1.54, 1.807) is 12.2 Å². The van der Waals surface area contributed by atoms with Gasteiger partial charge in [-0.1, -0.05) is 12.2 Å². The fourth-order valence-corrected chi connectivity index (χ4v) is 3.26. The van der Waals surface area contributed by atoms with Gasteiger partial charge in [-0.3, -0.25) is 9.84 Å². The Labute approximate surface area is 94.3 Å². The molecule has 0 radical (unpaired) electrons. The summed E-state index contributed by atoms with van der Waals surface area (Å²) in [5, 5.41) is 6.01. The first kappa shape index (κ1) is 12.0. The van der Waals surface area contributed by atoms with Crippen molar-refractivity contribution in [2.24, 2.45) is 0 Å². The summed E-state index contributed by atoms with van der Waals surface area (Å²) >= 11 is 0. The molecule has 0 aromatic rings. The van der Waals surface area contributed by atoms with E-state index in [9.17, 15) is 4.57 Å². The second-order valence-corrected chi connectivity index (χ2v) is 4.98. The second-order valence-electron chi connectivity index (χ2n) is 3.51. The van der Waals surface area contributed by atoms with Crippen molar-refractivity contribution in [3.63, 3.8) is 0 Å². The monoisotopic (exact) mass is 246 g/mol. The van der Waals surface area contributed by atoms with E-state index in [4.69, 9.17) is 13.6 Å². The molecule has 2 N–H and O–H groups in total. The predicted molar refractivity (Wildman–Crippen MR) is 58.6 cm³/mol. The highest BCUT2D eigenvalue weighted by Gasteiger charge is 2.71. The Bertz CT molecular complexity index is 336. The van der Waals surface area contributed by atoms with E-state index in [1.165, 1.54) is 0 Å². The maximum atomic E-state index is 11.5. The minimum atomic E-state index is -3.27. The van der Waals surface area contributed by atoms with Crippen molar-refractivity contribution in [1.29, 1.82) is 0 Å². The van der Waals surface area contributed by atoms with Gasteiger partial charge in [-0.05, 0) is 0 Å². The van der Waals surface area contributed by atoms with Gasteiger partial charge in [0.15, 0.2) is 6.10 Å². The number of fused-ring (bicyclic) bond motifs is 1. The van der Waals surface area contributed by atoms with Crippen LogP contribution in [0.5, 0.6) is 0 Å². The Balaban J connectivity index is 1.93. The third kappa shape index (κ3) is 2.00. The minimum Gasteiger partial charge on any atom is -0.310 e. The van der Waals surface area contributed by atoms with Crippen molar-refractivity contribution < 1.29 is 18.1 Å². The van der Waals surface area contributed by atoms with Crippen LogP contribution in [-0.2, 0) is 18.1 Å². The van der Waals surface area contributed by atoms with Crippen molar-refractivity contribution in [1.82, 2.24) is 10.6 Å². The zero-order chi connectivity index (χ0) is 11.6. The highest BCUT2D eigenvalue weighted by molar-refractivity contribution is 7.50. The molecule has 0 aliphatic carbocycles. The van der Waals surface area contributed by atoms with E-state index >= 15 is 0 Å². The molecule has 3 heterocycles. The zero-order valence-corrected chi connectivity index (χ0v) is 9.74. The highest BCUT2D eigenvalue weighted by atomic mass is 31.2. The largest absolute Gasteiger partial charge is 0.482 e. The Hall–Kier alpha value is -0.490. The molecule has 16 heavy (non-hydrogen) atoms. The van der Waals surface area contributed by atoms with Crippen LogP contribution in [0.3, 0.4) is 0 Å². The van der Waals surface area contributed by atoms with Gasteiger partial charge in [-0.25, -0.2) is 13.6 Å². The molecule has 90 valence electrons. The lowest BCUT2D eigenvalue weighted by molar-refractivity contribution is -0.203. The molecule has 1 atom stereocenters. The van der Waals surface area contributed by atoms with Crippen LogP contribution in [0.2, 0.25) is 0 Å². The van der Waals surface area contributed by atoms with E-state index in [0.717, 1.165) is 0 Å². The molecule has 7 heteroatoms. The maximum absolute atomic E-state index is 11.5. The molecule has 2 bridgehead atoms. The number of phosphoric acid groups is 1. The Morgan fingerprint density at radius 3 is 2.62 bits per heavy atom. The first-order valence-electron chi connectivity index (χ1n) is 5.01. The summed E-state index contributed by atoms with van der Waals surface area (Å²) in [7, 11) is -3.27. The first-order valence-corrected chi connectivity index (χ1v) is 6.48. The van der Waals surface area contributed by atoms with Crippen molar-refractivity contribution >= 4 is 7.82 Å². The number of phosphoric ester groups is 1. The molecule has 0 aromatic heterocycles. The molecule has 0 aromatic carbocycles. The van der Waals surface area contributed by atoms with Crippen molar-refractivity contribution in [2.45, 2.75) is 12.0 Å². The van der Waals surface area contributed by atoms with E-state index in [2.05, 4.69) is 23.8 Å². The van der Waals surface area contributed by atoms with Gasteiger partial charge in [0.05, 0.1) is 0 Å². The first-order chi connectivity index (χ1) is 7.64. The molecule has 3 aliphatic rings. The van der Waals surface area contributed by atoms with Crippen LogP contribution in [-0.4, -0.2) is 31.6 Å². The fourth-order valence-electron chi connectivity index (χ4n) is 1.61. The molecule has 0 saturated carbocycles. The smallest absolute Gasteiger partial charge is 0.310 e. The van der Waals surface area contributed by atoms with Gasteiger partial charge in [0.2, 0.25) is 0 Å². The standard InChI is InChI=1S/C9H15N2O4P/c1-3-5-10-7-8-9(11-6-4-2)14-16(12,13-8)15-9/h3-4,8,10-11H,1-2,5-7H2. The van der Waals surface area contributed by atoms with Gasteiger partial charge in [-0.15, -0.1) is 13.2 Å². The summed E-state index contributed by atoms with van der Waals surface area (Å²) in [5.41, 5.74) is 0. The third-order valence-electron chi connectivity index (χ3n) is 2.29. The molecule has 3 aliphatic heterocycles. The maximum Gasteiger partial charge on any atom is 0.482 e. The molecule has 3 saturated heterocycles. The van der Waals surface area contributed by atoms with Crippen LogP contribution in [0.25, 0.3) is 0 Å². The lowest BCUT2D eigenvalue weighted by Gasteiger charge is -2.36. The van der Waals surface area contributed by atoms with Gasteiger partial charge in [0.1, 0.15) is 0 Å². The molecule has 3 rings (SSSR count).